The summed E-state index contributed by atoms with van der Waals surface area (Å²) in [5.74, 6) is 0.0742. The summed E-state index contributed by atoms with van der Waals surface area (Å²) in [6.45, 7) is 4.05. The van der Waals surface area contributed by atoms with Gasteiger partial charge in [-0.3, -0.25) is 14.7 Å². The number of amides is 1. The second kappa shape index (κ2) is 6.88. The first-order chi connectivity index (χ1) is 10.7. The highest BCUT2D eigenvalue weighted by Gasteiger charge is 2.22. The van der Waals surface area contributed by atoms with E-state index in [-0.39, 0.29) is 11.9 Å². The van der Waals surface area contributed by atoms with Crippen molar-refractivity contribution >= 4 is 22.5 Å². The number of benzene rings is 1. The number of hydrogen-bond acceptors (Lipinski definition) is 3. The summed E-state index contributed by atoms with van der Waals surface area (Å²) >= 11 is 0. The minimum atomic E-state index is -0.0808. The summed E-state index contributed by atoms with van der Waals surface area (Å²) in [6.07, 6.45) is 6.73. The van der Waals surface area contributed by atoms with Crippen molar-refractivity contribution < 1.29 is 4.79 Å². The molecular weight excluding hydrogens is 274 g/mol. The van der Waals surface area contributed by atoms with E-state index < -0.39 is 0 Å². The molecule has 0 spiro atoms. The van der Waals surface area contributed by atoms with Crippen LogP contribution in [0.15, 0.2) is 36.5 Å². The Bertz CT molecular complexity index is 648. The van der Waals surface area contributed by atoms with Crippen LogP contribution in [-0.2, 0) is 4.79 Å². The lowest BCUT2D eigenvalue weighted by molar-refractivity contribution is -0.120. The Hall–Kier alpha value is -1.94. The lowest BCUT2D eigenvalue weighted by atomic mass is 10.2. The Kier molecular flexibility index (Phi) is 4.68. The average Bonchev–Trinajstić information content (AvgIpc) is 2.83. The van der Waals surface area contributed by atoms with Crippen LogP contribution in [0.3, 0.4) is 0 Å². The molecule has 4 nitrogen and oxygen atoms in total. The van der Waals surface area contributed by atoms with Crippen LogP contribution in [0.2, 0.25) is 0 Å². The van der Waals surface area contributed by atoms with Crippen LogP contribution in [0.4, 0.5) is 5.69 Å². The first-order valence-corrected chi connectivity index (χ1v) is 8.14. The lowest BCUT2D eigenvalue weighted by Gasteiger charge is -2.26. The molecule has 1 unspecified atom stereocenters. The number of carbonyl (C=O) groups is 1. The van der Waals surface area contributed by atoms with Crippen LogP contribution in [0.1, 0.15) is 32.6 Å². The van der Waals surface area contributed by atoms with Gasteiger partial charge in [0, 0.05) is 17.3 Å². The van der Waals surface area contributed by atoms with E-state index in [0.717, 1.165) is 29.7 Å². The maximum absolute atomic E-state index is 12.5. The van der Waals surface area contributed by atoms with E-state index in [1.807, 2.05) is 37.3 Å². The minimum Gasteiger partial charge on any atom is -0.325 e. The summed E-state index contributed by atoms with van der Waals surface area (Å²) in [5.41, 5.74) is 1.79. The predicted molar refractivity (Wildman–Crippen MR) is 89.9 cm³/mol. The van der Waals surface area contributed by atoms with Crippen molar-refractivity contribution in [3.8, 4) is 0 Å². The number of carbonyl (C=O) groups excluding carboxylic acids is 1. The Balaban J connectivity index is 1.68. The molecule has 1 amide bonds. The highest BCUT2D eigenvalue weighted by Crippen LogP contribution is 2.18. The maximum atomic E-state index is 12.5. The third-order valence-corrected chi connectivity index (χ3v) is 4.44. The number of hydrogen-bond donors (Lipinski definition) is 1. The molecule has 0 aliphatic carbocycles. The molecule has 1 aromatic heterocycles. The zero-order chi connectivity index (χ0) is 15.4. The minimum absolute atomic E-state index is 0.0742. The van der Waals surface area contributed by atoms with Gasteiger partial charge >= 0.3 is 0 Å². The number of rotatable bonds is 3. The number of likely N-dealkylation sites (tertiary alicyclic amines) is 1. The molecule has 1 fully saturated rings. The average molecular weight is 297 g/mol. The Labute approximate surface area is 131 Å². The molecule has 1 aromatic carbocycles. The molecule has 2 aromatic rings. The number of aromatic nitrogens is 1. The molecule has 4 heteroatoms. The van der Waals surface area contributed by atoms with Crippen molar-refractivity contribution in [1.29, 1.82) is 0 Å². The van der Waals surface area contributed by atoms with Crippen LogP contribution in [0.5, 0.6) is 0 Å². The molecule has 0 bridgehead atoms. The predicted octanol–water partition coefficient (Wildman–Crippen LogP) is 3.44. The van der Waals surface area contributed by atoms with Crippen LogP contribution >= 0.6 is 0 Å². The number of nitrogens with zero attached hydrogens (tertiary/aromatic N) is 2. The zero-order valence-electron chi connectivity index (χ0n) is 13.1. The summed E-state index contributed by atoms with van der Waals surface area (Å²) in [4.78, 5) is 19.1. The van der Waals surface area contributed by atoms with Gasteiger partial charge in [-0.25, -0.2) is 0 Å². The summed E-state index contributed by atoms with van der Waals surface area (Å²) < 4.78 is 0. The van der Waals surface area contributed by atoms with E-state index in [4.69, 9.17) is 0 Å². The van der Waals surface area contributed by atoms with E-state index in [0.29, 0.717) is 0 Å². The molecule has 1 saturated heterocycles. The molecule has 0 radical (unpaired) electrons. The quantitative estimate of drug-likeness (QED) is 0.944. The van der Waals surface area contributed by atoms with E-state index in [9.17, 15) is 4.79 Å². The van der Waals surface area contributed by atoms with Crippen LogP contribution in [0.25, 0.3) is 10.9 Å². The highest BCUT2D eigenvalue weighted by atomic mass is 16.2. The van der Waals surface area contributed by atoms with E-state index in [2.05, 4.69) is 15.2 Å². The largest absolute Gasteiger partial charge is 0.325 e. The van der Waals surface area contributed by atoms with Crippen LogP contribution in [-0.4, -0.2) is 34.9 Å². The third-order valence-electron chi connectivity index (χ3n) is 4.44. The van der Waals surface area contributed by atoms with Gasteiger partial charge in [-0.1, -0.05) is 18.9 Å². The summed E-state index contributed by atoms with van der Waals surface area (Å²) in [7, 11) is 0. The molecular formula is C18H23N3O. The second-order valence-corrected chi connectivity index (χ2v) is 6.03. The number of fused-ring (bicyclic) bond motifs is 1. The van der Waals surface area contributed by atoms with Crippen molar-refractivity contribution in [3.63, 3.8) is 0 Å². The van der Waals surface area contributed by atoms with Gasteiger partial charge in [0.15, 0.2) is 0 Å². The number of anilines is 1. The van der Waals surface area contributed by atoms with Gasteiger partial charge in [0.05, 0.1) is 11.6 Å². The van der Waals surface area contributed by atoms with Gasteiger partial charge in [0.1, 0.15) is 0 Å². The molecule has 1 aliphatic rings. The van der Waals surface area contributed by atoms with E-state index >= 15 is 0 Å². The van der Waals surface area contributed by atoms with Crippen LogP contribution in [0, 0.1) is 0 Å². The second-order valence-electron chi connectivity index (χ2n) is 6.03. The monoisotopic (exact) mass is 297 g/mol. The molecule has 116 valence electrons. The molecule has 22 heavy (non-hydrogen) atoms. The number of nitrogens with one attached hydrogen (secondary N) is 1. The van der Waals surface area contributed by atoms with Gasteiger partial charge in [-0.2, -0.15) is 0 Å². The smallest absolute Gasteiger partial charge is 0.241 e. The molecule has 1 aliphatic heterocycles. The van der Waals surface area contributed by atoms with Crippen molar-refractivity contribution in [2.24, 2.45) is 0 Å². The molecule has 1 N–H and O–H groups in total. The fourth-order valence-corrected chi connectivity index (χ4v) is 3.05. The van der Waals surface area contributed by atoms with Gasteiger partial charge in [0.25, 0.3) is 0 Å². The lowest BCUT2D eigenvalue weighted by Crippen LogP contribution is -2.42. The Morgan fingerprint density at radius 2 is 1.95 bits per heavy atom. The van der Waals surface area contributed by atoms with Crippen molar-refractivity contribution in [1.82, 2.24) is 9.88 Å². The summed E-state index contributed by atoms with van der Waals surface area (Å²) in [6, 6.07) is 9.69. The first-order valence-electron chi connectivity index (χ1n) is 8.14. The van der Waals surface area contributed by atoms with Crippen molar-refractivity contribution in [3.05, 3.63) is 36.5 Å². The van der Waals surface area contributed by atoms with Gasteiger partial charge in [-0.15, -0.1) is 0 Å². The highest BCUT2D eigenvalue weighted by molar-refractivity contribution is 5.96. The van der Waals surface area contributed by atoms with Crippen LogP contribution < -0.4 is 5.32 Å². The first kappa shape index (κ1) is 15.0. The fourth-order valence-electron chi connectivity index (χ4n) is 3.05. The van der Waals surface area contributed by atoms with Crippen molar-refractivity contribution in [2.45, 2.75) is 38.6 Å². The standard InChI is InChI=1S/C18H23N3O/c1-14(21-11-4-2-3-5-12-21)18(22)20-16-8-9-17-15(13-16)7-6-10-19-17/h6-10,13-14H,2-5,11-12H2,1H3,(H,20,22). The zero-order valence-corrected chi connectivity index (χ0v) is 13.1. The molecule has 0 saturated carbocycles. The van der Waals surface area contributed by atoms with Crippen molar-refractivity contribution in [2.75, 3.05) is 18.4 Å². The molecule has 1 atom stereocenters. The summed E-state index contributed by atoms with van der Waals surface area (Å²) in [5, 5.41) is 4.09. The maximum Gasteiger partial charge on any atom is 0.241 e. The SMILES string of the molecule is CC(C(=O)Nc1ccc2ncccc2c1)N1CCCCCC1. The fraction of sp³-hybridized carbons (Fsp3) is 0.444. The topological polar surface area (TPSA) is 45.2 Å². The molecule has 3 rings (SSSR count). The van der Waals surface area contributed by atoms with Gasteiger partial charge in [-0.05, 0) is 57.1 Å². The molecule has 2 heterocycles. The van der Waals surface area contributed by atoms with E-state index in [1.165, 1.54) is 25.7 Å². The normalized spacial score (nSPS) is 17.9. The number of pyridine rings is 1. The Morgan fingerprint density at radius 3 is 2.73 bits per heavy atom. The van der Waals surface area contributed by atoms with Gasteiger partial charge in [0.2, 0.25) is 5.91 Å². The van der Waals surface area contributed by atoms with Gasteiger partial charge < -0.3 is 5.32 Å². The third kappa shape index (κ3) is 3.45. The Morgan fingerprint density at radius 1 is 1.18 bits per heavy atom. The van der Waals surface area contributed by atoms with E-state index in [1.54, 1.807) is 6.20 Å².